The van der Waals surface area contributed by atoms with Crippen LogP contribution in [0.5, 0.6) is 0 Å². The lowest BCUT2D eigenvalue weighted by Gasteiger charge is -2.48. The molecule has 2 fully saturated rings. The van der Waals surface area contributed by atoms with Crippen LogP contribution in [0, 0.1) is 12.8 Å². The minimum absolute atomic E-state index is 0.0646. The van der Waals surface area contributed by atoms with Crippen LogP contribution < -0.4 is 9.62 Å². The Morgan fingerprint density at radius 1 is 1.00 bits per heavy atom. The molecule has 0 saturated carbocycles. The lowest BCUT2D eigenvalue weighted by atomic mass is 9.78. The van der Waals surface area contributed by atoms with Crippen molar-refractivity contribution in [2.75, 3.05) is 9.62 Å². The Morgan fingerprint density at radius 2 is 1.69 bits per heavy atom. The van der Waals surface area contributed by atoms with Gasteiger partial charge in [-0.25, -0.2) is 9.97 Å². The van der Waals surface area contributed by atoms with Gasteiger partial charge in [-0.05, 0) is 68.9 Å². The number of sulfonamides is 1. The first-order valence-corrected chi connectivity index (χ1v) is 14.1. The Kier molecular flexibility index (Phi) is 7.00. The molecule has 2 unspecified atom stereocenters. The van der Waals surface area contributed by atoms with E-state index in [4.69, 9.17) is 0 Å². The molecule has 2 aliphatic heterocycles. The molecule has 2 atom stereocenters. The summed E-state index contributed by atoms with van der Waals surface area (Å²) >= 11 is 0. The number of aliphatic carboxylic acids is 1. The molecule has 2 aliphatic rings. The zero-order valence-corrected chi connectivity index (χ0v) is 21.8. The van der Waals surface area contributed by atoms with Gasteiger partial charge in [-0.2, -0.15) is 21.6 Å². The van der Waals surface area contributed by atoms with Gasteiger partial charge in [0.05, 0.1) is 17.2 Å². The third kappa shape index (κ3) is 5.42. The molecule has 2 bridgehead atoms. The summed E-state index contributed by atoms with van der Waals surface area (Å²) in [5, 5.41) is 9.21. The van der Waals surface area contributed by atoms with Gasteiger partial charge < -0.3 is 10.0 Å². The molecule has 2 saturated heterocycles. The summed E-state index contributed by atoms with van der Waals surface area (Å²) in [7, 11) is -4.31. The Morgan fingerprint density at radius 3 is 2.33 bits per heavy atom. The molecule has 4 heterocycles. The van der Waals surface area contributed by atoms with Crippen molar-refractivity contribution in [1.29, 1.82) is 0 Å². The number of piperidine rings is 2. The van der Waals surface area contributed by atoms with Crippen molar-refractivity contribution in [2.24, 2.45) is 5.92 Å². The smallest absolute Gasteiger partial charge is 0.418 e. The van der Waals surface area contributed by atoms with Gasteiger partial charge in [0.1, 0.15) is 11.6 Å². The van der Waals surface area contributed by atoms with Crippen LogP contribution in [0.25, 0.3) is 11.3 Å². The van der Waals surface area contributed by atoms with Crippen LogP contribution in [0.3, 0.4) is 0 Å². The van der Waals surface area contributed by atoms with Gasteiger partial charge in [0.15, 0.2) is 5.03 Å². The van der Waals surface area contributed by atoms with E-state index in [0.29, 0.717) is 24.2 Å². The number of carbonyl (C=O) groups is 1. The first kappa shape index (κ1) is 26.9. The largest absolute Gasteiger partial charge is 0.481 e. The molecule has 1 aromatic carbocycles. The predicted octanol–water partition coefficient (Wildman–Crippen LogP) is 5.49. The first-order chi connectivity index (χ1) is 18.4. The number of rotatable bonds is 6. The van der Waals surface area contributed by atoms with Crippen LogP contribution in [0.1, 0.15) is 43.2 Å². The van der Waals surface area contributed by atoms with Crippen molar-refractivity contribution in [3.05, 3.63) is 65.7 Å². The highest BCUT2D eigenvalue weighted by Gasteiger charge is 2.41. The van der Waals surface area contributed by atoms with Crippen LogP contribution in [-0.2, 0) is 21.0 Å². The SMILES string of the molecule is Cc1ccccc1-c1nc(NS(=O)(=O)c2cccc(N3C4CCCC3CC(C(=O)O)C4)n2)ccc1C(F)(F)F. The summed E-state index contributed by atoms with van der Waals surface area (Å²) in [6, 6.07) is 12.6. The molecule has 8 nitrogen and oxygen atoms in total. The van der Waals surface area contributed by atoms with Gasteiger partial charge in [-0.1, -0.05) is 30.3 Å². The fourth-order valence-electron chi connectivity index (χ4n) is 5.63. The molecule has 2 aromatic heterocycles. The minimum Gasteiger partial charge on any atom is -0.481 e. The zero-order chi connectivity index (χ0) is 27.9. The zero-order valence-electron chi connectivity index (χ0n) is 21.0. The average molecular weight is 561 g/mol. The molecule has 0 spiro atoms. The number of hydrogen-bond donors (Lipinski definition) is 2. The minimum atomic E-state index is -4.69. The van der Waals surface area contributed by atoms with Crippen molar-refractivity contribution in [3.63, 3.8) is 0 Å². The molecule has 39 heavy (non-hydrogen) atoms. The second kappa shape index (κ2) is 10.1. The van der Waals surface area contributed by atoms with Gasteiger partial charge >= 0.3 is 12.1 Å². The molecular weight excluding hydrogens is 533 g/mol. The summed E-state index contributed by atoms with van der Waals surface area (Å²) in [5.41, 5.74) is -0.558. The fourth-order valence-corrected chi connectivity index (χ4v) is 6.60. The standard InChI is InChI=1S/C27H27F3N4O4S/c1-16-6-2-3-9-20(16)25-21(27(28,29)30)12-13-22(31-25)33-39(37,38)24-11-5-10-23(32-24)34-18-7-4-8-19(34)15-17(14-18)26(35)36/h2-3,5-6,9-13,17-19H,4,7-8,14-15H2,1H3,(H,31,33)(H,35,36). The van der Waals surface area contributed by atoms with E-state index in [2.05, 4.69) is 14.7 Å². The highest BCUT2D eigenvalue weighted by atomic mass is 32.2. The normalized spacial score (nSPS) is 21.4. The Balaban J connectivity index is 1.46. The van der Waals surface area contributed by atoms with Crippen LogP contribution in [0.4, 0.5) is 24.8 Å². The summed E-state index contributed by atoms with van der Waals surface area (Å²) in [4.78, 5) is 22.1. The number of carboxylic acid groups (broad SMARTS) is 1. The van der Waals surface area contributed by atoms with Gasteiger partial charge in [0.25, 0.3) is 10.0 Å². The van der Waals surface area contributed by atoms with Crippen molar-refractivity contribution in [3.8, 4) is 11.3 Å². The van der Waals surface area contributed by atoms with Crippen molar-refractivity contribution >= 4 is 27.6 Å². The van der Waals surface area contributed by atoms with Crippen LogP contribution in [0.2, 0.25) is 0 Å². The fraction of sp³-hybridized carbons (Fsp3) is 0.370. The lowest BCUT2D eigenvalue weighted by Crippen LogP contribution is -2.53. The van der Waals surface area contributed by atoms with E-state index in [1.165, 1.54) is 12.1 Å². The number of benzene rings is 1. The number of fused-ring (bicyclic) bond motifs is 2. The predicted molar refractivity (Wildman–Crippen MR) is 139 cm³/mol. The number of halogens is 3. The number of carboxylic acids is 1. The van der Waals surface area contributed by atoms with Gasteiger partial charge in [-0.15, -0.1) is 0 Å². The Labute approximate surface area is 224 Å². The number of aromatic nitrogens is 2. The number of hydrogen-bond acceptors (Lipinski definition) is 6. The second-order valence-electron chi connectivity index (χ2n) is 10.00. The molecule has 12 heteroatoms. The molecule has 0 amide bonds. The molecule has 2 N–H and O–H groups in total. The van der Waals surface area contributed by atoms with E-state index in [-0.39, 0.29) is 34.2 Å². The van der Waals surface area contributed by atoms with E-state index in [9.17, 15) is 31.5 Å². The van der Waals surface area contributed by atoms with Crippen molar-refractivity contribution in [1.82, 2.24) is 9.97 Å². The molecule has 0 aliphatic carbocycles. The number of alkyl halides is 3. The summed E-state index contributed by atoms with van der Waals surface area (Å²) < 4.78 is 70.1. The number of nitrogens with one attached hydrogen (secondary N) is 1. The molecule has 206 valence electrons. The Hall–Kier alpha value is -3.67. The molecule has 5 rings (SSSR count). The third-order valence-corrected chi connectivity index (χ3v) is 8.67. The topological polar surface area (TPSA) is 112 Å². The molecule has 3 aromatic rings. The monoisotopic (exact) mass is 560 g/mol. The van der Waals surface area contributed by atoms with Crippen molar-refractivity contribution < 1.29 is 31.5 Å². The van der Waals surface area contributed by atoms with E-state index >= 15 is 0 Å². The van der Waals surface area contributed by atoms with E-state index in [1.54, 1.807) is 37.3 Å². The molecular formula is C27H27F3N4O4S. The summed E-state index contributed by atoms with van der Waals surface area (Å²) in [5.74, 6) is -1.11. The van der Waals surface area contributed by atoms with Gasteiger partial charge in [-0.3, -0.25) is 9.52 Å². The van der Waals surface area contributed by atoms with Crippen LogP contribution in [0.15, 0.2) is 59.6 Å². The maximum absolute atomic E-state index is 13.8. The lowest BCUT2D eigenvalue weighted by molar-refractivity contribution is -0.143. The summed E-state index contributed by atoms with van der Waals surface area (Å²) in [6.45, 7) is 1.65. The number of nitrogens with zero attached hydrogens (tertiary/aromatic N) is 3. The molecule has 0 radical (unpaired) electrons. The highest BCUT2D eigenvalue weighted by Crippen LogP contribution is 2.40. The third-order valence-electron chi connectivity index (χ3n) is 7.41. The van der Waals surface area contributed by atoms with E-state index in [1.807, 2.05) is 4.90 Å². The van der Waals surface area contributed by atoms with Crippen LogP contribution in [-0.4, -0.2) is 41.5 Å². The van der Waals surface area contributed by atoms with Crippen LogP contribution >= 0.6 is 0 Å². The first-order valence-electron chi connectivity index (χ1n) is 12.6. The average Bonchev–Trinajstić information content (AvgIpc) is 2.87. The highest BCUT2D eigenvalue weighted by molar-refractivity contribution is 7.92. The Bertz CT molecular complexity index is 1500. The summed E-state index contributed by atoms with van der Waals surface area (Å²) in [6.07, 6.45) is -1.24. The number of anilines is 2. The number of aryl methyl sites for hydroxylation is 1. The van der Waals surface area contributed by atoms with Gasteiger partial charge in [0, 0.05) is 17.6 Å². The van der Waals surface area contributed by atoms with E-state index < -0.39 is 33.7 Å². The number of pyridine rings is 2. The maximum atomic E-state index is 13.8. The maximum Gasteiger partial charge on any atom is 0.418 e. The van der Waals surface area contributed by atoms with Crippen molar-refractivity contribution in [2.45, 2.75) is 62.3 Å². The van der Waals surface area contributed by atoms with Gasteiger partial charge in [0.2, 0.25) is 0 Å². The second-order valence-corrected chi connectivity index (χ2v) is 11.6. The quantitative estimate of drug-likeness (QED) is 0.410. The van der Waals surface area contributed by atoms with E-state index in [0.717, 1.165) is 31.4 Å².